The van der Waals surface area contributed by atoms with E-state index in [0.29, 0.717) is 6.61 Å². The molecule has 0 saturated carbocycles. The lowest BCUT2D eigenvalue weighted by atomic mass is 10.2. The largest absolute Gasteiger partial charge is 0.487 e. The van der Waals surface area contributed by atoms with Crippen LogP contribution in [0.3, 0.4) is 0 Å². The zero-order chi connectivity index (χ0) is 12.8. The molecule has 0 amide bonds. The molecule has 2 rings (SSSR count). The van der Waals surface area contributed by atoms with E-state index >= 15 is 0 Å². The lowest BCUT2D eigenvalue weighted by Gasteiger charge is -2.08. The molecule has 18 heavy (non-hydrogen) atoms. The van der Waals surface area contributed by atoms with Gasteiger partial charge in [0.25, 0.3) is 0 Å². The maximum atomic E-state index is 5.69. The van der Waals surface area contributed by atoms with Crippen molar-refractivity contribution in [3.05, 3.63) is 53.9 Å². The van der Waals surface area contributed by atoms with E-state index in [4.69, 9.17) is 4.74 Å². The lowest BCUT2D eigenvalue weighted by molar-refractivity contribution is 0.301. The normalized spacial score (nSPS) is 10.1. The summed E-state index contributed by atoms with van der Waals surface area (Å²) in [5.41, 5.74) is 3.23. The van der Waals surface area contributed by atoms with Crippen molar-refractivity contribution < 1.29 is 4.74 Å². The summed E-state index contributed by atoms with van der Waals surface area (Å²) < 4.78 is 5.69. The summed E-state index contributed by atoms with van der Waals surface area (Å²) in [5.74, 6) is 0.872. The zero-order valence-corrected chi connectivity index (χ0v) is 10.8. The molecule has 3 heteroatoms. The molecule has 1 heterocycles. The van der Waals surface area contributed by atoms with E-state index in [1.54, 1.807) is 6.20 Å². The molecular weight excluding hydrogens is 224 g/mol. The Morgan fingerprint density at radius 1 is 1.17 bits per heavy atom. The maximum Gasteiger partial charge on any atom is 0.130 e. The summed E-state index contributed by atoms with van der Waals surface area (Å²) >= 11 is 0. The van der Waals surface area contributed by atoms with Gasteiger partial charge in [-0.3, -0.25) is 4.98 Å². The van der Waals surface area contributed by atoms with Crippen molar-refractivity contribution in [2.45, 2.75) is 20.5 Å². The van der Waals surface area contributed by atoms with E-state index < -0.39 is 0 Å². The molecule has 1 aromatic heterocycles. The Hall–Kier alpha value is -2.03. The summed E-state index contributed by atoms with van der Waals surface area (Å²) in [4.78, 5) is 4.29. The number of nitrogens with zero attached hydrogens (tertiary/aromatic N) is 1. The van der Waals surface area contributed by atoms with Crippen molar-refractivity contribution in [1.82, 2.24) is 4.98 Å². The Labute approximate surface area is 108 Å². The highest BCUT2D eigenvalue weighted by molar-refractivity contribution is 5.42. The summed E-state index contributed by atoms with van der Waals surface area (Å²) in [7, 11) is 0. The van der Waals surface area contributed by atoms with Gasteiger partial charge in [-0.15, -0.1) is 0 Å². The van der Waals surface area contributed by atoms with Crippen molar-refractivity contribution in [3.8, 4) is 5.75 Å². The second-order valence-corrected chi connectivity index (χ2v) is 4.17. The fourth-order valence-electron chi connectivity index (χ4n) is 1.66. The van der Waals surface area contributed by atoms with E-state index in [1.165, 1.54) is 5.56 Å². The van der Waals surface area contributed by atoms with Gasteiger partial charge in [0.1, 0.15) is 12.4 Å². The fourth-order valence-corrected chi connectivity index (χ4v) is 1.66. The van der Waals surface area contributed by atoms with Crippen molar-refractivity contribution in [3.63, 3.8) is 0 Å². The molecule has 0 radical (unpaired) electrons. The van der Waals surface area contributed by atoms with Gasteiger partial charge in [0.15, 0.2) is 0 Å². The van der Waals surface area contributed by atoms with Crippen LogP contribution in [0.15, 0.2) is 42.6 Å². The lowest BCUT2D eigenvalue weighted by Crippen LogP contribution is -2.01. The number of aryl methyl sites for hydroxylation is 1. The van der Waals surface area contributed by atoms with Crippen LogP contribution in [0.25, 0.3) is 0 Å². The summed E-state index contributed by atoms with van der Waals surface area (Å²) in [6, 6.07) is 12.0. The molecule has 0 saturated heterocycles. The third-order valence-corrected chi connectivity index (χ3v) is 2.61. The highest BCUT2D eigenvalue weighted by atomic mass is 16.5. The number of ether oxygens (including phenoxy) is 1. The second-order valence-electron chi connectivity index (χ2n) is 4.17. The molecule has 1 N–H and O–H groups in total. The highest BCUT2D eigenvalue weighted by Gasteiger charge is 1.98. The minimum atomic E-state index is 0.488. The van der Waals surface area contributed by atoms with Gasteiger partial charge in [-0.2, -0.15) is 0 Å². The predicted octanol–water partition coefficient (Wildman–Crippen LogP) is 3.40. The van der Waals surface area contributed by atoms with Gasteiger partial charge in [-0.25, -0.2) is 0 Å². The Kier molecular flexibility index (Phi) is 4.18. The molecule has 0 bridgehead atoms. The Morgan fingerprint density at radius 2 is 1.94 bits per heavy atom. The van der Waals surface area contributed by atoms with E-state index in [2.05, 4.69) is 24.1 Å². The number of nitrogens with one attached hydrogen (secondary N) is 1. The van der Waals surface area contributed by atoms with Gasteiger partial charge >= 0.3 is 0 Å². The number of pyridine rings is 1. The van der Waals surface area contributed by atoms with Gasteiger partial charge in [-0.05, 0) is 38.1 Å². The molecule has 0 aliphatic heterocycles. The third-order valence-electron chi connectivity index (χ3n) is 2.61. The van der Waals surface area contributed by atoms with Crippen molar-refractivity contribution in [1.29, 1.82) is 0 Å². The number of hydrogen-bond donors (Lipinski definition) is 1. The highest BCUT2D eigenvalue weighted by Crippen LogP contribution is 2.14. The van der Waals surface area contributed by atoms with Gasteiger partial charge in [0, 0.05) is 18.4 Å². The van der Waals surface area contributed by atoms with Crippen LogP contribution in [0.5, 0.6) is 5.75 Å². The number of benzene rings is 1. The minimum Gasteiger partial charge on any atom is -0.487 e. The fraction of sp³-hybridized carbons (Fsp3) is 0.267. The van der Waals surface area contributed by atoms with Gasteiger partial charge < -0.3 is 10.1 Å². The molecule has 0 unspecified atom stereocenters. The molecule has 0 aliphatic rings. The van der Waals surface area contributed by atoms with Gasteiger partial charge in [-0.1, -0.05) is 17.7 Å². The predicted molar refractivity (Wildman–Crippen MR) is 73.9 cm³/mol. The third kappa shape index (κ3) is 3.48. The maximum absolute atomic E-state index is 5.69. The molecular formula is C15H18N2O. The number of anilines is 1. The van der Waals surface area contributed by atoms with Gasteiger partial charge in [0.2, 0.25) is 0 Å². The number of hydrogen-bond acceptors (Lipinski definition) is 3. The van der Waals surface area contributed by atoms with Crippen LogP contribution in [0.2, 0.25) is 0 Å². The Balaban J connectivity index is 1.97. The van der Waals surface area contributed by atoms with Crippen LogP contribution in [-0.2, 0) is 6.61 Å². The first-order valence-electron chi connectivity index (χ1n) is 6.16. The summed E-state index contributed by atoms with van der Waals surface area (Å²) in [6.45, 7) is 5.53. The Bertz CT molecular complexity index is 494. The molecule has 2 aromatic rings. The average Bonchev–Trinajstić information content (AvgIpc) is 2.39. The van der Waals surface area contributed by atoms with Crippen molar-refractivity contribution >= 4 is 5.69 Å². The SMILES string of the molecule is CCNc1ccnc(COc2ccc(C)cc2)c1. The second kappa shape index (κ2) is 6.05. The van der Waals surface area contributed by atoms with Crippen LogP contribution in [-0.4, -0.2) is 11.5 Å². The summed E-state index contributed by atoms with van der Waals surface area (Å²) in [6.07, 6.45) is 1.80. The molecule has 0 atom stereocenters. The molecule has 1 aromatic carbocycles. The first kappa shape index (κ1) is 12.4. The molecule has 3 nitrogen and oxygen atoms in total. The molecule has 94 valence electrons. The molecule has 0 aliphatic carbocycles. The van der Waals surface area contributed by atoms with E-state index in [-0.39, 0.29) is 0 Å². The van der Waals surface area contributed by atoms with Crippen LogP contribution in [0.1, 0.15) is 18.2 Å². The topological polar surface area (TPSA) is 34.2 Å². The zero-order valence-electron chi connectivity index (χ0n) is 10.8. The smallest absolute Gasteiger partial charge is 0.130 e. The van der Waals surface area contributed by atoms with Crippen molar-refractivity contribution in [2.75, 3.05) is 11.9 Å². The quantitative estimate of drug-likeness (QED) is 0.872. The van der Waals surface area contributed by atoms with Crippen LogP contribution in [0.4, 0.5) is 5.69 Å². The van der Waals surface area contributed by atoms with E-state index in [9.17, 15) is 0 Å². The van der Waals surface area contributed by atoms with Crippen LogP contribution < -0.4 is 10.1 Å². The van der Waals surface area contributed by atoms with Crippen LogP contribution >= 0.6 is 0 Å². The monoisotopic (exact) mass is 242 g/mol. The van der Waals surface area contributed by atoms with Crippen LogP contribution in [0, 0.1) is 6.92 Å². The van der Waals surface area contributed by atoms with E-state index in [1.807, 2.05) is 36.4 Å². The average molecular weight is 242 g/mol. The Morgan fingerprint density at radius 3 is 2.67 bits per heavy atom. The first-order chi connectivity index (χ1) is 8.78. The number of aromatic nitrogens is 1. The minimum absolute atomic E-state index is 0.488. The first-order valence-corrected chi connectivity index (χ1v) is 6.16. The molecule has 0 spiro atoms. The molecule has 0 fully saturated rings. The summed E-state index contributed by atoms with van der Waals surface area (Å²) in [5, 5.41) is 3.26. The van der Waals surface area contributed by atoms with Gasteiger partial charge in [0.05, 0.1) is 5.69 Å². The number of rotatable bonds is 5. The van der Waals surface area contributed by atoms with E-state index in [0.717, 1.165) is 23.7 Å². The standard InChI is InChI=1S/C15H18N2O/c1-3-16-13-8-9-17-14(10-13)11-18-15-6-4-12(2)5-7-15/h4-10H,3,11H2,1-2H3,(H,16,17). The van der Waals surface area contributed by atoms with Crippen molar-refractivity contribution in [2.24, 2.45) is 0 Å².